The zero-order valence-electron chi connectivity index (χ0n) is 13.2. The summed E-state index contributed by atoms with van der Waals surface area (Å²) in [5, 5.41) is 12.0. The molecule has 0 fully saturated rings. The van der Waals surface area contributed by atoms with Gasteiger partial charge < -0.3 is 4.74 Å². The minimum atomic E-state index is -0.259. The molecule has 0 saturated heterocycles. The lowest BCUT2D eigenvalue weighted by molar-refractivity contribution is -0.118. The number of hydrogen-bond donors (Lipinski definition) is 1. The smallest absolute Gasteiger partial charge is 0.264 e. The maximum absolute atomic E-state index is 12.0. The monoisotopic (exact) mass is 339 g/mol. The molecule has 1 amide bonds. The number of amides is 1. The summed E-state index contributed by atoms with van der Waals surface area (Å²) in [7, 11) is 0. The number of carbonyl (C=O) groups is 1. The van der Waals surface area contributed by atoms with E-state index in [-0.39, 0.29) is 12.5 Å². The largest absolute Gasteiger partial charge is 0.484 e. The van der Waals surface area contributed by atoms with Crippen LogP contribution in [0.4, 0.5) is 5.13 Å². The highest BCUT2D eigenvalue weighted by Gasteiger charge is 2.10. The fourth-order valence-corrected chi connectivity index (χ4v) is 2.86. The fourth-order valence-electron chi connectivity index (χ4n) is 2.10. The van der Waals surface area contributed by atoms with Gasteiger partial charge in [-0.05, 0) is 24.1 Å². The second-order valence-electron chi connectivity index (χ2n) is 5.11. The van der Waals surface area contributed by atoms with Crippen LogP contribution in [0.1, 0.15) is 12.5 Å². The van der Waals surface area contributed by atoms with Crippen LogP contribution < -0.4 is 10.1 Å². The van der Waals surface area contributed by atoms with Crippen molar-refractivity contribution in [3.63, 3.8) is 0 Å². The predicted molar refractivity (Wildman–Crippen MR) is 95.3 cm³/mol. The van der Waals surface area contributed by atoms with Crippen molar-refractivity contribution in [3.05, 3.63) is 60.2 Å². The average molecular weight is 339 g/mol. The van der Waals surface area contributed by atoms with Crippen LogP contribution in [-0.4, -0.2) is 22.7 Å². The van der Waals surface area contributed by atoms with E-state index >= 15 is 0 Å². The number of aromatic nitrogens is 2. The molecule has 3 rings (SSSR count). The Kier molecular flexibility index (Phi) is 5.18. The lowest BCUT2D eigenvalue weighted by Gasteiger charge is -2.06. The van der Waals surface area contributed by atoms with Crippen molar-refractivity contribution in [1.82, 2.24) is 10.2 Å². The van der Waals surface area contributed by atoms with E-state index in [0.29, 0.717) is 10.9 Å². The summed E-state index contributed by atoms with van der Waals surface area (Å²) in [5.74, 6) is 0.412. The normalized spacial score (nSPS) is 10.4. The third-order valence-corrected chi connectivity index (χ3v) is 4.28. The highest BCUT2D eigenvalue weighted by atomic mass is 32.1. The molecule has 1 heterocycles. The molecule has 1 N–H and O–H groups in total. The van der Waals surface area contributed by atoms with Crippen LogP contribution in [-0.2, 0) is 11.2 Å². The summed E-state index contributed by atoms with van der Waals surface area (Å²) in [6.45, 7) is 2.03. The second-order valence-corrected chi connectivity index (χ2v) is 6.09. The van der Waals surface area contributed by atoms with Crippen LogP contribution in [0.15, 0.2) is 54.6 Å². The lowest BCUT2D eigenvalue weighted by Crippen LogP contribution is -2.20. The van der Waals surface area contributed by atoms with Crippen LogP contribution in [0, 0.1) is 0 Å². The van der Waals surface area contributed by atoms with E-state index in [1.165, 1.54) is 16.9 Å². The Morgan fingerprint density at radius 2 is 1.83 bits per heavy atom. The molecule has 0 aliphatic rings. The molecule has 0 aliphatic heterocycles. The van der Waals surface area contributed by atoms with Gasteiger partial charge in [0.2, 0.25) is 5.13 Å². The van der Waals surface area contributed by atoms with Crippen LogP contribution in [0.25, 0.3) is 10.6 Å². The molecule has 3 aromatic rings. The van der Waals surface area contributed by atoms with Gasteiger partial charge in [0.25, 0.3) is 5.91 Å². The third-order valence-electron chi connectivity index (χ3n) is 3.39. The van der Waals surface area contributed by atoms with Gasteiger partial charge >= 0.3 is 0 Å². The molecule has 0 bridgehead atoms. The number of rotatable bonds is 6. The highest BCUT2D eigenvalue weighted by Crippen LogP contribution is 2.25. The molecule has 0 radical (unpaired) electrons. The standard InChI is InChI=1S/C18H17N3O2S/c1-2-13-8-10-15(11-9-13)23-12-16(22)19-18-21-20-17(24-18)14-6-4-3-5-7-14/h3-11H,2,12H2,1H3,(H,19,21,22). The number of ether oxygens (including phenoxy) is 1. The topological polar surface area (TPSA) is 64.1 Å². The van der Waals surface area contributed by atoms with Gasteiger partial charge in [-0.3, -0.25) is 10.1 Å². The summed E-state index contributed by atoms with van der Waals surface area (Å²) in [6.07, 6.45) is 0.974. The second kappa shape index (κ2) is 7.70. The van der Waals surface area contributed by atoms with E-state index in [1.807, 2.05) is 54.6 Å². The number of hydrogen-bond acceptors (Lipinski definition) is 5. The van der Waals surface area contributed by atoms with Crippen molar-refractivity contribution in [3.8, 4) is 16.3 Å². The zero-order chi connectivity index (χ0) is 16.8. The van der Waals surface area contributed by atoms with Gasteiger partial charge in [-0.2, -0.15) is 0 Å². The summed E-state index contributed by atoms with van der Waals surface area (Å²) in [4.78, 5) is 12.0. The molecular formula is C18H17N3O2S. The molecule has 0 atom stereocenters. The summed E-state index contributed by atoms with van der Waals surface area (Å²) in [6, 6.07) is 17.4. The Bertz CT molecular complexity index is 801. The molecule has 2 aromatic carbocycles. The number of carbonyl (C=O) groups excluding carboxylic acids is 1. The van der Waals surface area contributed by atoms with Gasteiger partial charge in [-0.15, -0.1) is 10.2 Å². The Balaban J connectivity index is 1.54. The van der Waals surface area contributed by atoms with Crippen LogP contribution in [0.3, 0.4) is 0 Å². The number of nitrogens with zero attached hydrogens (tertiary/aromatic N) is 2. The van der Waals surface area contributed by atoms with Crippen LogP contribution >= 0.6 is 11.3 Å². The third kappa shape index (κ3) is 4.17. The molecular weight excluding hydrogens is 322 g/mol. The zero-order valence-corrected chi connectivity index (χ0v) is 14.0. The van der Waals surface area contributed by atoms with Gasteiger partial charge in [0.05, 0.1) is 0 Å². The first-order chi connectivity index (χ1) is 11.7. The Hall–Kier alpha value is -2.73. The first kappa shape index (κ1) is 16.1. The molecule has 1 aromatic heterocycles. The molecule has 122 valence electrons. The predicted octanol–water partition coefficient (Wildman–Crippen LogP) is 3.79. The fraction of sp³-hybridized carbons (Fsp3) is 0.167. The van der Waals surface area contributed by atoms with Gasteiger partial charge in [0.1, 0.15) is 10.8 Å². The van der Waals surface area contributed by atoms with Crippen molar-refractivity contribution in [2.45, 2.75) is 13.3 Å². The quantitative estimate of drug-likeness (QED) is 0.742. The van der Waals surface area contributed by atoms with Crippen LogP contribution in [0.5, 0.6) is 5.75 Å². The Morgan fingerprint density at radius 1 is 1.08 bits per heavy atom. The molecule has 0 aliphatic carbocycles. The first-order valence-electron chi connectivity index (χ1n) is 7.65. The highest BCUT2D eigenvalue weighted by molar-refractivity contribution is 7.18. The van der Waals surface area contributed by atoms with Crippen molar-refractivity contribution in [1.29, 1.82) is 0 Å². The van der Waals surface area contributed by atoms with Gasteiger partial charge in [-0.1, -0.05) is 60.7 Å². The Morgan fingerprint density at radius 3 is 2.54 bits per heavy atom. The molecule has 0 unspecified atom stereocenters. The van der Waals surface area contributed by atoms with Gasteiger partial charge in [0, 0.05) is 5.56 Å². The van der Waals surface area contributed by atoms with E-state index in [1.54, 1.807) is 0 Å². The van der Waals surface area contributed by atoms with E-state index in [9.17, 15) is 4.79 Å². The van der Waals surface area contributed by atoms with Crippen molar-refractivity contribution < 1.29 is 9.53 Å². The first-order valence-corrected chi connectivity index (χ1v) is 8.47. The molecule has 0 spiro atoms. The van der Waals surface area contributed by atoms with E-state index in [0.717, 1.165) is 17.0 Å². The van der Waals surface area contributed by atoms with Crippen molar-refractivity contribution >= 4 is 22.4 Å². The molecule has 5 nitrogen and oxygen atoms in total. The summed E-state index contributed by atoms with van der Waals surface area (Å²) in [5.41, 5.74) is 2.21. The van der Waals surface area contributed by atoms with E-state index in [4.69, 9.17) is 4.74 Å². The molecule has 6 heteroatoms. The number of benzene rings is 2. The van der Waals surface area contributed by atoms with Gasteiger partial charge in [0.15, 0.2) is 6.61 Å². The Labute approximate surface area is 144 Å². The van der Waals surface area contributed by atoms with Gasteiger partial charge in [-0.25, -0.2) is 0 Å². The molecule has 24 heavy (non-hydrogen) atoms. The maximum Gasteiger partial charge on any atom is 0.264 e. The van der Waals surface area contributed by atoms with E-state index in [2.05, 4.69) is 22.4 Å². The number of anilines is 1. The van der Waals surface area contributed by atoms with E-state index < -0.39 is 0 Å². The SMILES string of the molecule is CCc1ccc(OCC(=O)Nc2nnc(-c3ccccc3)s2)cc1. The minimum absolute atomic E-state index is 0.0638. The number of nitrogens with one attached hydrogen (secondary N) is 1. The molecule has 0 saturated carbocycles. The summed E-state index contributed by atoms with van der Waals surface area (Å²) >= 11 is 1.33. The van der Waals surface area contributed by atoms with Crippen molar-refractivity contribution in [2.75, 3.05) is 11.9 Å². The van der Waals surface area contributed by atoms with Crippen LogP contribution in [0.2, 0.25) is 0 Å². The van der Waals surface area contributed by atoms with Crippen molar-refractivity contribution in [2.24, 2.45) is 0 Å². The minimum Gasteiger partial charge on any atom is -0.484 e. The maximum atomic E-state index is 12.0. The summed E-state index contributed by atoms with van der Waals surface area (Å²) < 4.78 is 5.48. The average Bonchev–Trinajstić information content (AvgIpc) is 3.09. The lowest BCUT2D eigenvalue weighted by atomic mass is 10.2. The number of aryl methyl sites for hydroxylation is 1.